The Balaban J connectivity index is 2.81. The molecule has 19 heavy (non-hydrogen) atoms. The largest absolute Gasteiger partial charge is 0.414 e. The molecule has 0 aliphatic carbocycles. The third-order valence-electron chi connectivity index (χ3n) is 2.51. The molecule has 0 heterocycles. The van der Waals surface area contributed by atoms with Gasteiger partial charge in [-0.15, -0.1) is 0 Å². The molecule has 0 aromatic heterocycles. The van der Waals surface area contributed by atoms with Gasteiger partial charge in [0.05, 0.1) is 0 Å². The average molecular weight is 291 g/mol. The van der Waals surface area contributed by atoms with Crippen molar-refractivity contribution >= 4 is 8.32 Å². The number of alkyl halides is 3. The molecule has 0 aliphatic heterocycles. The standard InChI is InChI=1S/C13H20F3NOSi/c1-19(2,3)18-12(13(14,15)16)11(17)9-10-7-5-4-6-8-10/h4-8,11-12H,9,17H2,1-3H3. The number of hydrogen-bond donors (Lipinski definition) is 1. The highest BCUT2D eigenvalue weighted by molar-refractivity contribution is 6.69. The molecule has 1 aromatic rings. The van der Waals surface area contributed by atoms with E-state index in [4.69, 9.17) is 10.2 Å². The van der Waals surface area contributed by atoms with Gasteiger partial charge in [0.15, 0.2) is 14.4 Å². The van der Waals surface area contributed by atoms with Crippen LogP contribution >= 0.6 is 0 Å². The third kappa shape index (κ3) is 5.75. The van der Waals surface area contributed by atoms with Crippen molar-refractivity contribution in [1.82, 2.24) is 0 Å². The lowest BCUT2D eigenvalue weighted by Crippen LogP contribution is -2.52. The Labute approximate surface area is 112 Å². The Morgan fingerprint density at radius 2 is 1.68 bits per heavy atom. The zero-order valence-corrected chi connectivity index (χ0v) is 12.4. The van der Waals surface area contributed by atoms with Crippen LogP contribution in [0.2, 0.25) is 19.6 Å². The van der Waals surface area contributed by atoms with Crippen molar-refractivity contribution in [3.8, 4) is 0 Å². The topological polar surface area (TPSA) is 35.2 Å². The smallest absolute Gasteiger partial charge is 0.405 e. The average Bonchev–Trinajstić information content (AvgIpc) is 2.24. The summed E-state index contributed by atoms with van der Waals surface area (Å²) in [5.74, 6) is 0. The maximum absolute atomic E-state index is 13.0. The van der Waals surface area contributed by atoms with Gasteiger partial charge < -0.3 is 10.2 Å². The van der Waals surface area contributed by atoms with Gasteiger partial charge >= 0.3 is 6.18 Å². The molecule has 1 aromatic carbocycles. The molecule has 2 unspecified atom stereocenters. The van der Waals surface area contributed by atoms with Crippen LogP contribution in [0.5, 0.6) is 0 Å². The molecule has 1 rings (SSSR count). The van der Waals surface area contributed by atoms with Crippen LogP contribution in [-0.2, 0) is 10.8 Å². The maximum atomic E-state index is 13.0. The molecule has 0 spiro atoms. The molecule has 0 saturated heterocycles. The van der Waals surface area contributed by atoms with Crippen LogP contribution in [0.25, 0.3) is 0 Å². The number of halogens is 3. The Hall–Kier alpha value is -0.853. The summed E-state index contributed by atoms with van der Waals surface area (Å²) in [4.78, 5) is 0. The van der Waals surface area contributed by atoms with Crippen molar-refractivity contribution in [3.63, 3.8) is 0 Å². The first kappa shape index (κ1) is 16.2. The van der Waals surface area contributed by atoms with Gasteiger partial charge in [-0.3, -0.25) is 0 Å². The number of hydrogen-bond acceptors (Lipinski definition) is 2. The summed E-state index contributed by atoms with van der Waals surface area (Å²) in [5.41, 5.74) is 6.50. The highest BCUT2D eigenvalue weighted by Gasteiger charge is 2.46. The lowest BCUT2D eigenvalue weighted by molar-refractivity contribution is -0.203. The highest BCUT2D eigenvalue weighted by atomic mass is 28.4. The molecule has 0 radical (unpaired) electrons. The zero-order chi connectivity index (χ0) is 14.7. The number of nitrogens with two attached hydrogens (primary N) is 1. The minimum atomic E-state index is -4.44. The van der Waals surface area contributed by atoms with E-state index in [0.29, 0.717) is 0 Å². The molecule has 0 aliphatic rings. The third-order valence-corrected chi connectivity index (χ3v) is 3.47. The maximum Gasteiger partial charge on any atom is 0.414 e. The highest BCUT2D eigenvalue weighted by Crippen LogP contribution is 2.28. The first-order chi connectivity index (χ1) is 8.59. The molecule has 6 heteroatoms. The molecule has 0 saturated carbocycles. The second-order valence-corrected chi connectivity index (χ2v) is 10.0. The second kappa shape index (κ2) is 6.07. The van der Waals surface area contributed by atoms with E-state index >= 15 is 0 Å². The van der Waals surface area contributed by atoms with Crippen LogP contribution in [0.3, 0.4) is 0 Å². The molecule has 2 atom stereocenters. The van der Waals surface area contributed by atoms with Gasteiger partial charge in [-0.25, -0.2) is 0 Å². The predicted octanol–water partition coefficient (Wildman–Crippen LogP) is 3.34. The normalized spacial score (nSPS) is 16.2. The van der Waals surface area contributed by atoms with Crippen molar-refractivity contribution in [2.45, 2.75) is 44.4 Å². The lowest BCUT2D eigenvalue weighted by Gasteiger charge is -2.32. The molecule has 0 bridgehead atoms. The lowest BCUT2D eigenvalue weighted by atomic mass is 10.0. The second-order valence-electron chi connectivity index (χ2n) is 5.55. The minimum Gasteiger partial charge on any atom is -0.405 e. The number of rotatable bonds is 5. The van der Waals surface area contributed by atoms with Crippen LogP contribution in [0, 0.1) is 0 Å². The quantitative estimate of drug-likeness (QED) is 0.845. The van der Waals surface area contributed by atoms with Gasteiger partial charge in [-0.05, 0) is 31.6 Å². The van der Waals surface area contributed by atoms with Crippen LogP contribution in [0.4, 0.5) is 13.2 Å². The summed E-state index contributed by atoms with van der Waals surface area (Å²) < 4.78 is 44.3. The molecule has 2 N–H and O–H groups in total. The summed E-state index contributed by atoms with van der Waals surface area (Å²) in [6, 6.07) is 7.82. The Kier molecular flexibility index (Phi) is 5.17. The van der Waals surface area contributed by atoms with Crippen molar-refractivity contribution in [2.75, 3.05) is 0 Å². The van der Waals surface area contributed by atoms with Gasteiger partial charge in [0, 0.05) is 6.04 Å². The van der Waals surface area contributed by atoms with E-state index in [1.165, 1.54) is 0 Å². The molecule has 0 fully saturated rings. The first-order valence-electron chi connectivity index (χ1n) is 6.13. The van der Waals surface area contributed by atoms with Gasteiger partial charge in [0.1, 0.15) is 0 Å². The molecular weight excluding hydrogens is 271 g/mol. The van der Waals surface area contributed by atoms with Crippen molar-refractivity contribution in [2.24, 2.45) is 5.73 Å². The fourth-order valence-corrected chi connectivity index (χ4v) is 2.84. The van der Waals surface area contributed by atoms with E-state index in [9.17, 15) is 13.2 Å². The minimum absolute atomic E-state index is 0.148. The van der Waals surface area contributed by atoms with E-state index in [-0.39, 0.29) is 6.42 Å². The summed E-state index contributed by atoms with van der Waals surface area (Å²) in [5, 5.41) is 0. The van der Waals surface area contributed by atoms with Gasteiger partial charge in [0.25, 0.3) is 0 Å². The Morgan fingerprint density at radius 1 is 1.16 bits per heavy atom. The Bertz CT molecular complexity index is 389. The van der Waals surface area contributed by atoms with Gasteiger partial charge in [-0.1, -0.05) is 30.3 Å². The van der Waals surface area contributed by atoms with Crippen molar-refractivity contribution in [3.05, 3.63) is 35.9 Å². The van der Waals surface area contributed by atoms with Crippen LogP contribution in [0.1, 0.15) is 5.56 Å². The van der Waals surface area contributed by atoms with Crippen molar-refractivity contribution in [1.29, 1.82) is 0 Å². The van der Waals surface area contributed by atoms with Gasteiger partial charge in [0.2, 0.25) is 0 Å². The molecule has 108 valence electrons. The predicted molar refractivity (Wildman–Crippen MR) is 72.4 cm³/mol. The van der Waals surface area contributed by atoms with Crippen LogP contribution in [0.15, 0.2) is 30.3 Å². The summed E-state index contributed by atoms with van der Waals surface area (Å²) in [6.07, 6.45) is -6.19. The van der Waals surface area contributed by atoms with E-state index < -0.39 is 26.6 Å². The zero-order valence-electron chi connectivity index (χ0n) is 11.4. The fraction of sp³-hybridized carbons (Fsp3) is 0.538. The first-order valence-corrected chi connectivity index (χ1v) is 9.54. The molecule has 2 nitrogen and oxygen atoms in total. The molecular formula is C13H20F3NOSi. The molecule has 0 amide bonds. The van der Waals surface area contributed by atoms with E-state index in [1.54, 1.807) is 43.9 Å². The fourth-order valence-electron chi connectivity index (χ4n) is 1.77. The van der Waals surface area contributed by atoms with Gasteiger partial charge in [-0.2, -0.15) is 13.2 Å². The van der Waals surface area contributed by atoms with Crippen LogP contribution < -0.4 is 5.73 Å². The van der Waals surface area contributed by atoms with Crippen LogP contribution in [-0.4, -0.2) is 26.6 Å². The number of benzene rings is 1. The Morgan fingerprint density at radius 3 is 2.11 bits per heavy atom. The summed E-state index contributed by atoms with van der Waals surface area (Å²) in [7, 11) is -2.31. The van der Waals surface area contributed by atoms with E-state index in [1.807, 2.05) is 6.07 Å². The summed E-state index contributed by atoms with van der Waals surface area (Å²) >= 11 is 0. The summed E-state index contributed by atoms with van der Waals surface area (Å²) in [6.45, 7) is 5.17. The van der Waals surface area contributed by atoms with E-state index in [2.05, 4.69) is 0 Å². The van der Waals surface area contributed by atoms with Crippen molar-refractivity contribution < 1.29 is 17.6 Å². The SMILES string of the molecule is C[Si](C)(C)OC(C(N)Cc1ccccc1)C(F)(F)F. The van der Waals surface area contributed by atoms with E-state index in [0.717, 1.165) is 5.56 Å². The monoisotopic (exact) mass is 291 g/mol.